The number of aldehydes is 1. The molecule has 0 unspecified atom stereocenters. The van der Waals surface area contributed by atoms with E-state index in [0.717, 1.165) is 6.29 Å². The van der Waals surface area contributed by atoms with Crippen LogP contribution in [0.3, 0.4) is 0 Å². The van der Waals surface area contributed by atoms with Crippen molar-refractivity contribution in [2.45, 2.75) is 0 Å². The number of hydrogen-bond donors (Lipinski definition) is 1. The van der Waals surface area contributed by atoms with Gasteiger partial charge in [0.1, 0.15) is 6.29 Å². The number of H-pyrrole nitrogens is 1. The van der Waals surface area contributed by atoms with Crippen LogP contribution in [0.15, 0.2) is 41.6 Å². The van der Waals surface area contributed by atoms with E-state index < -0.39 is 0 Å². The fourth-order valence-corrected chi connectivity index (χ4v) is 1.33. The SMILES string of the molecule is O=Cc1cccc(-c2cnc[nH]c2=O)c1. The third kappa shape index (κ3) is 1.83. The van der Waals surface area contributed by atoms with Crippen molar-refractivity contribution in [2.75, 3.05) is 0 Å². The lowest BCUT2D eigenvalue weighted by Crippen LogP contribution is -2.08. The van der Waals surface area contributed by atoms with Crippen LogP contribution in [-0.4, -0.2) is 16.3 Å². The molecule has 0 spiro atoms. The third-order valence-electron chi connectivity index (χ3n) is 2.05. The number of aromatic nitrogens is 2. The van der Waals surface area contributed by atoms with Gasteiger partial charge in [-0.3, -0.25) is 9.59 Å². The number of benzene rings is 1. The van der Waals surface area contributed by atoms with Crippen LogP contribution in [0.1, 0.15) is 10.4 Å². The van der Waals surface area contributed by atoms with Crippen molar-refractivity contribution in [1.82, 2.24) is 9.97 Å². The molecule has 74 valence electrons. The fraction of sp³-hybridized carbons (Fsp3) is 0. The maximum absolute atomic E-state index is 11.4. The Morgan fingerprint density at radius 1 is 1.33 bits per heavy atom. The molecule has 0 amide bonds. The zero-order valence-electron chi connectivity index (χ0n) is 7.81. The van der Waals surface area contributed by atoms with Gasteiger partial charge >= 0.3 is 0 Å². The molecule has 0 bridgehead atoms. The van der Waals surface area contributed by atoms with Gasteiger partial charge in [0.15, 0.2) is 0 Å². The smallest absolute Gasteiger partial charge is 0.258 e. The molecule has 2 aromatic rings. The van der Waals surface area contributed by atoms with Crippen molar-refractivity contribution in [2.24, 2.45) is 0 Å². The van der Waals surface area contributed by atoms with Crippen LogP contribution in [0.4, 0.5) is 0 Å². The van der Waals surface area contributed by atoms with Crippen LogP contribution < -0.4 is 5.56 Å². The van der Waals surface area contributed by atoms with Gasteiger partial charge in [-0.05, 0) is 11.6 Å². The van der Waals surface area contributed by atoms with Gasteiger partial charge < -0.3 is 4.98 Å². The maximum atomic E-state index is 11.4. The Kier molecular flexibility index (Phi) is 2.41. The number of carbonyl (C=O) groups is 1. The lowest BCUT2D eigenvalue weighted by Gasteiger charge is -1.99. The minimum absolute atomic E-state index is 0.215. The van der Waals surface area contributed by atoms with Crippen molar-refractivity contribution < 1.29 is 4.79 Å². The van der Waals surface area contributed by atoms with Crippen LogP contribution in [0, 0.1) is 0 Å². The van der Waals surface area contributed by atoms with Crippen molar-refractivity contribution in [3.8, 4) is 11.1 Å². The summed E-state index contributed by atoms with van der Waals surface area (Å²) in [5.74, 6) is 0. The average molecular weight is 200 g/mol. The minimum atomic E-state index is -0.215. The molecule has 0 radical (unpaired) electrons. The molecule has 1 aromatic carbocycles. The molecule has 4 heteroatoms. The van der Waals surface area contributed by atoms with E-state index in [1.165, 1.54) is 12.5 Å². The Hall–Kier alpha value is -2.23. The van der Waals surface area contributed by atoms with Crippen molar-refractivity contribution >= 4 is 6.29 Å². The molecule has 1 heterocycles. The van der Waals surface area contributed by atoms with Gasteiger partial charge in [-0.15, -0.1) is 0 Å². The summed E-state index contributed by atoms with van der Waals surface area (Å²) >= 11 is 0. The van der Waals surface area contributed by atoms with Crippen molar-refractivity contribution in [1.29, 1.82) is 0 Å². The Bertz CT molecular complexity index is 546. The number of rotatable bonds is 2. The molecule has 0 aliphatic carbocycles. The van der Waals surface area contributed by atoms with Crippen LogP contribution in [0.2, 0.25) is 0 Å². The number of carbonyl (C=O) groups excluding carboxylic acids is 1. The summed E-state index contributed by atoms with van der Waals surface area (Å²) < 4.78 is 0. The van der Waals surface area contributed by atoms with Crippen LogP contribution in [0.5, 0.6) is 0 Å². The average Bonchev–Trinajstić information content (AvgIpc) is 2.30. The van der Waals surface area contributed by atoms with Gasteiger partial charge in [0.25, 0.3) is 5.56 Å². The zero-order valence-corrected chi connectivity index (χ0v) is 7.81. The quantitative estimate of drug-likeness (QED) is 0.742. The Balaban J connectivity index is 2.59. The van der Waals surface area contributed by atoms with E-state index in [1.807, 2.05) is 0 Å². The number of nitrogens with zero attached hydrogens (tertiary/aromatic N) is 1. The van der Waals surface area contributed by atoms with Crippen LogP contribution >= 0.6 is 0 Å². The zero-order chi connectivity index (χ0) is 10.7. The van der Waals surface area contributed by atoms with E-state index in [9.17, 15) is 9.59 Å². The summed E-state index contributed by atoms with van der Waals surface area (Å²) in [7, 11) is 0. The molecule has 0 saturated carbocycles. The molecular formula is C11H8N2O2. The Morgan fingerprint density at radius 2 is 2.20 bits per heavy atom. The van der Waals surface area contributed by atoms with E-state index in [1.54, 1.807) is 24.3 Å². The van der Waals surface area contributed by atoms with Gasteiger partial charge in [-0.2, -0.15) is 0 Å². The first kappa shape index (κ1) is 9.33. The summed E-state index contributed by atoms with van der Waals surface area (Å²) in [5, 5.41) is 0. The molecular weight excluding hydrogens is 192 g/mol. The summed E-state index contributed by atoms with van der Waals surface area (Å²) in [6.45, 7) is 0. The highest BCUT2D eigenvalue weighted by Crippen LogP contribution is 2.14. The number of nitrogens with one attached hydrogen (secondary N) is 1. The van der Waals surface area contributed by atoms with E-state index in [-0.39, 0.29) is 5.56 Å². The normalized spacial score (nSPS) is 9.87. The molecule has 2 rings (SSSR count). The van der Waals surface area contributed by atoms with Gasteiger partial charge in [-0.1, -0.05) is 18.2 Å². The maximum Gasteiger partial charge on any atom is 0.258 e. The van der Waals surface area contributed by atoms with Crippen molar-refractivity contribution in [3.05, 3.63) is 52.7 Å². The molecule has 0 aliphatic rings. The summed E-state index contributed by atoms with van der Waals surface area (Å²) in [5.41, 5.74) is 1.47. The van der Waals surface area contributed by atoms with E-state index in [2.05, 4.69) is 9.97 Å². The minimum Gasteiger partial charge on any atom is -0.313 e. The van der Waals surface area contributed by atoms with E-state index >= 15 is 0 Å². The summed E-state index contributed by atoms with van der Waals surface area (Å²) in [6.07, 6.45) is 3.55. The van der Waals surface area contributed by atoms with Crippen LogP contribution in [-0.2, 0) is 0 Å². The standard InChI is InChI=1S/C11H8N2O2/c14-6-8-2-1-3-9(4-8)10-5-12-7-13-11(10)15/h1-7H,(H,12,13,15). The van der Waals surface area contributed by atoms with Crippen LogP contribution in [0.25, 0.3) is 11.1 Å². The highest BCUT2D eigenvalue weighted by Gasteiger charge is 2.02. The second-order valence-electron chi connectivity index (χ2n) is 3.04. The lowest BCUT2D eigenvalue weighted by atomic mass is 10.1. The molecule has 4 nitrogen and oxygen atoms in total. The first-order chi connectivity index (χ1) is 7.31. The Labute approximate surface area is 85.6 Å². The fourth-order valence-electron chi connectivity index (χ4n) is 1.33. The van der Waals surface area contributed by atoms with Gasteiger partial charge in [0.2, 0.25) is 0 Å². The first-order valence-electron chi connectivity index (χ1n) is 4.39. The van der Waals surface area contributed by atoms with Gasteiger partial charge in [0, 0.05) is 11.8 Å². The topological polar surface area (TPSA) is 62.8 Å². The molecule has 15 heavy (non-hydrogen) atoms. The monoisotopic (exact) mass is 200 g/mol. The molecule has 0 atom stereocenters. The molecule has 1 N–H and O–H groups in total. The number of hydrogen-bond acceptors (Lipinski definition) is 3. The predicted molar refractivity (Wildman–Crippen MR) is 55.7 cm³/mol. The second-order valence-corrected chi connectivity index (χ2v) is 3.04. The van der Waals surface area contributed by atoms with E-state index in [4.69, 9.17) is 0 Å². The summed E-state index contributed by atoms with van der Waals surface area (Å²) in [4.78, 5) is 28.3. The first-order valence-corrected chi connectivity index (χ1v) is 4.39. The van der Waals surface area contributed by atoms with Gasteiger partial charge in [0.05, 0.1) is 11.9 Å². The molecule has 0 fully saturated rings. The Morgan fingerprint density at radius 3 is 2.93 bits per heavy atom. The summed E-state index contributed by atoms with van der Waals surface area (Å²) in [6, 6.07) is 6.82. The molecule has 0 aliphatic heterocycles. The lowest BCUT2D eigenvalue weighted by molar-refractivity contribution is 0.112. The van der Waals surface area contributed by atoms with Crippen molar-refractivity contribution in [3.63, 3.8) is 0 Å². The second kappa shape index (κ2) is 3.88. The largest absolute Gasteiger partial charge is 0.313 e. The molecule has 1 aromatic heterocycles. The highest BCUT2D eigenvalue weighted by molar-refractivity contribution is 5.78. The molecule has 0 saturated heterocycles. The third-order valence-corrected chi connectivity index (χ3v) is 2.05. The predicted octanol–water partition coefficient (Wildman–Crippen LogP) is 1.25. The van der Waals surface area contributed by atoms with Gasteiger partial charge in [-0.25, -0.2) is 4.98 Å². The highest BCUT2D eigenvalue weighted by atomic mass is 16.1. The van der Waals surface area contributed by atoms with E-state index in [0.29, 0.717) is 16.7 Å². The number of aromatic amines is 1.